The summed E-state index contributed by atoms with van der Waals surface area (Å²) < 4.78 is 69.4. The van der Waals surface area contributed by atoms with Crippen LogP contribution in [0.3, 0.4) is 0 Å². The number of aromatic nitrogens is 2. The monoisotopic (exact) mass is 890 g/mol. The SMILES string of the molecule is C=C1[C@H]2CC/C=C/Cn3c(nc4cc(Cl)ccc4c3=O)O[C@H]3CN(C(=O)[C@H](C(C)(C)C)NC(=O)O[C@@H]2C[C@@H]1C)[C@H](C(=O)N[C@]1(C(=O)NS(=O)(=O)C2(C)CC2)C[C@H]1C(F)F)[C@@H]3C. The molecule has 15 nitrogen and oxygen atoms in total. The van der Waals surface area contributed by atoms with Crippen LogP contribution in [0.2, 0.25) is 5.02 Å². The number of allylic oxidation sites excluding steroid dienone is 2. The second-order valence-electron chi connectivity index (χ2n) is 18.7. The van der Waals surface area contributed by atoms with E-state index in [0.717, 1.165) is 10.5 Å². The molecule has 1 aromatic heterocycles. The van der Waals surface area contributed by atoms with Gasteiger partial charge in [-0.15, -0.1) is 0 Å². The summed E-state index contributed by atoms with van der Waals surface area (Å²) in [6.07, 6.45) is -0.250. The number of benzene rings is 1. The minimum atomic E-state index is -4.28. The first-order valence-corrected chi connectivity index (χ1v) is 22.5. The van der Waals surface area contributed by atoms with Crippen molar-refractivity contribution in [1.82, 2.24) is 29.8 Å². The number of nitrogens with one attached hydrogen (secondary N) is 3. The van der Waals surface area contributed by atoms with Crippen LogP contribution in [0.1, 0.15) is 80.1 Å². The molecule has 1 saturated heterocycles. The van der Waals surface area contributed by atoms with Gasteiger partial charge in [0.1, 0.15) is 29.8 Å². The van der Waals surface area contributed by atoms with Gasteiger partial charge in [0.05, 0.1) is 28.1 Å². The Morgan fingerprint density at radius 3 is 2.44 bits per heavy atom. The van der Waals surface area contributed by atoms with E-state index in [2.05, 4.69) is 22.2 Å². The van der Waals surface area contributed by atoms with E-state index < -0.39 is 104 Å². The Kier molecular flexibility index (Phi) is 11.6. The molecule has 3 heterocycles. The molecule has 5 aliphatic rings. The Balaban J connectivity index is 1.29. The van der Waals surface area contributed by atoms with Crippen molar-refractivity contribution in [2.24, 2.45) is 29.1 Å². The Labute approximate surface area is 358 Å². The van der Waals surface area contributed by atoms with Gasteiger partial charge in [-0.25, -0.2) is 22.0 Å². The number of fused-ring (bicyclic) bond motifs is 5. The zero-order valence-electron chi connectivity index (χ0n) is 35.0. The van der Waals surface area contributed by atoms with Gasteiger partial charge in [-0.05, 0) is 75.0 Å². The molecule has 0 spiro atoms. The fraction of sp³-hybridized carbons (Fsp3) is 0.619. The van der Waals surface area contributed by atoms with Gasteiger partial charge in [-0.1, -0.05) is 70.5 Å². The maximum atomic E-state index is 14.9. The lowest BCUT2D eigenvalue weighted by Gasteiger charge is -2.36. The smallest absolute Gasteiger partial charge is 0.408 e. The van der Waals surface area contributed by atoms with Crippen LogP contribution >= 0.6 is 11.6 Å². The molecule has 0 unspecified atom stereocenters. The van der Waals surface area contributed by atoms with Crippen LogP contribution in [0.25, 0.3) is 10.9 Å². The molecule has 3 N–H and O–H groups in total. The van der Waals surface area contributed by atoms with Crippen LogP contribution in [0.15, 0.2) is 47.3 Å². The van der Waals surface area contributed by atoms with E-state index in [1.54, 1.807) is 45.9 Å². The third-order valence-corrected chi connectivity index (χ3v) is 15.7. The Morgan fingerprint density at radius 1 is 1.10 bits per heavy atom. The van der Waals surface area contributed by atoms with E-state index in [1.165, 1.54) is 17.6 Å². The van der Waals surface area contributed by atoms with Gasteiger partial charge in [-0.2, -0.15) is 4.98 Å². The zero-order valence-corrected chi connectivity index (χ0v) is 36.6. The molecule has 2 aliphatic heterocycles. The quantitative estimate of drug-likeness (QED) is 0.338. The second kappa shape index (κ2) is 16.0. The molecule has 2 bridgehead atoms. The third kappa shape index (κ3) is 8.37. The summed E-state index contributed by atoms with van der Waals surface area (Å²) >= 11 is 6.29. The lowest BCUT2D eigenvalue weighted by molar-refractivity contribution is -0.143. The minimum absolute atomic E-state index is 0.0262. The fourth-order valence-electron chi connectivity index (χ4n) is 8.85. The van der Waals surface area contributed by atoms with Crippen LogP contribution < -0.4 is 25.7 Å². The average Bonchev–Trinajstić information content (AvgIpc) is 4.05. The number of alkyl halides is 2. The predicted molar refractivity (Wildman–Crippen MR) is 221 cm³/mol. The molecule has 2 aromatic rings. The first-order chi connectivity index (χ1) is 28.5. The van der Waals surface area contributed by atoms with Gasteiger partial charge in [0.15, 0.2) is 0 Å². The highest BCUT2D eigenvalue weighted by molar-refractivity contribution is 7.91. The molecule has 1 aromatic carbocycles. The van der Waals surface area contributed by atoms with E-state index in [0.29, 0.717) is 24.3 Å². The van der Waals surface area contributed by atoms with Gasteiger partial charge in [0.2, 0.25) is 28.3 Å². The number of rotatable bonds is 6. The van der Waals surface area contributed by atoms with Crippen LogP contribution in [0.5, 0.6) is 6.01 Å². The summed E-state index contributed by atoms with van der Waals surface area (Å²) in [5.74, 6) is -5.89. The second-order valence-corrected chi connectivity index (χ2v) is 21.3. The van der Waals surface area contributed by atoms with Crippen LogP contribution in [0, 0.1) is 29.1 Å². The predicted octanol–water partition coefficient (Wildman–Crippen LogP) is 4.85. The number of hydrogen-bond acceptors (Lipinski definition) is 10. The van der Waals surface area contributed by atoms with E-state index in [1.807, 2.05) is 17.7 Å². The van der Waals surface area contributed by atoms with Crippen molar-refractivity contribution in [3.8, 4) is 6.01 Å². The summed E-state index contributed by atoms with van der Waals surface area (Å²) in [7, 11) is -4.28. The standard InChI is InChI=1S/C42H53ClF2N6O9S/c1-21-17-29-25(22(21)2)11-9-8-10-16-50-35(53)26-13-12-24(43)18-28(26)46-38(50)59-30-20-51(36(54)32(40(4,5)6)47-39(56)60-29)31(23(30)3)34(52)48-42(19-27(42)33(44)45)37(55)49-61(57,58)41(7)14-15-41/h8,10,12-13,18,21,23,25,27,29-33H,2,9,11,14-17,19-20H2,1,3-7H3,(H,47,56)(H,48,52)(H,49,55)/b10-8+/t21-,23+,25+,27-,29+,30-,31-,32+,42+/m0/s1. The van der Waals surface area contributed by atoms with Crippen molar-refractivity contribution < 1.29 is 45.9 Å². The minimum Gasteiger partial charge on any atom is -0.459 e. The van der Waals surface area contributed by atoms with Crippen molar-refractivity contribution in [3.05, 3.63) is 57.9 Å². The Morgan fingerprint density at radius 2 is 1.80 bits per heavy atom. The zero-order chi connectivity index (χ0) is 44.6. The maximum Gasteiger partial charge on any atom is 0.408 e. The van der Waals surface area contributed by atoms with Gasteiger partial charge in [0, 0.05) is 23.4 Å². The average molecular weight is 891 g/mol. The molecular weight excluding hydrogens is 838 g/mol. The van der Waals surface area contributed by atoms with E-state index in [9.17, 15) is 41.2 Å². The molecule has 61 heavy (non-hydrogen) atoms. The number of carbonyl (C=O) groups is 4. The number of amides is 4. The summed E-state index contributed by atoms with van der Waals surface area (Å²) in [4.78, 5) is 76.8. The van der Waals surface area contributed by atoms with Crippen molar-refractivity contribution in [1.29, 1.82) is 0 Å². The first-order valence-electron chi connectivity index (χ1n) is 20.6. The van der Waals surface area contributed by atoms with Crippen molar-refractivity contribution >= 4 is 56.3 Å². The van der Waals surface area contributed by atoms with Crippen LogP contribution in [0.4, 0.5) is 13.6 Å². The van der Waals surface area contributed by atoms with Gasteiger partial charge < -0.3 is 25.0 Å². The van der Waals surface area contributed by atoms with Crippen molar-refractivity contribution in [3.63, 3.8) is 0 Å². The van der Waals surface area contributed by atoms with Gasteiger partial charge in [-0.3, -0.25) is 28.5 Å². The molecule has 332 valence electrons. The number of halogens is 3. The molecule has 0 radical (unpaired) electrons. The molecule has 4 fully saturated rings. The normalized spacial score (nSPS) is 32.1. The summed E-state index contributed by atoms with van der Waals surface area (Å²) in [6, 6.07) is 1.66. The molecule has 9 atom stereocenters. The highest BCUT2D eigenvalue weighted by Gasteiger charge is 2.67. The topological polar surface area (TPSA) is 195 Å². The first kappa shape index (κ1) is 44.5. The Bertz CT molecular complexity index is 2370. The number of carbonyl (C=O) groups excluding carboxylic acids is 4. The highest BCUT2D eigenvalue weighted by atomic mass is 35.5. The van der Waals surface area contributed by atoms with Crippen molar-refractivity contribution in [2.75, 3.05) is 6.54 Å². The van der Waals surface area contributed by atoms with Gasteiger partial charge >= 0.3 is 6.09 Å². The molecule has 4 amide bonds. The maximum absolute atomic E-state index is 14.9. The number of nitrogens with zero attached hydrogens (tertiary/aromatic N) is 3. The fourth-order valence-corrected chi connectivity index (χ4v) is 10.3. The highest BCUT2D eigenvalue weighted by Crippen LogP contribution is 2.50. The van der Waals surface area contributed by atoms with Crippen LogP contribution in [-0.2, 0) is 35.7 Å². The molecular formula is C42H53ClF2N6O9S. The molecule has 3 saturated carbocycles. The number of sulfonamides is 1. The van der Waals surface area contributed by atoms with Gasteiger partial charge in [0.25, 0.3) is 17.5 Å². The Hall–Kier alpha value is -4.58. The molecule has 3 aliphatic carbocycles. The summed E-state index contributed by atoms with van der Waals surface area (Å²) in [6.45, 7) is 14.1. The van der Waals surface area contributed by atoms with Crippen molar-refractivity contribution in [2.45, 2.75) is 128 Å². The number of hydrogen-bond donors (Lipinski definition) is 3. The largest absolute Gasteiger partial charge is 0.459 e. The summed E-state index contributed by atoms with van der Waals surface area (Å²) in [5.41, 5.74) is -2.58. The summed E-state index contributed by atoms with van der Waals surface area (Å²) in [5, 5.41) is 5.75. The lowest BCUT2D eigenvalue weighted by Crippen LogP contribution is -2.61. The number of alkyl carbamates (subject to hydrolysis) is 1. The molecule has 19 heteroatoms. The van der Waals surface area contributed by atoms with Crippen LogP contribution in [-0.4, -0.2) is 94.2 Å². The third-order valence-electron chi connectivity index (χ3n) is 13.3. The van der Waals surface area contributed by atoms with E-state index in [-0.39, 0.29) is 54.7 Å². The molecule has 7 rings (SSSR count). The van der Waals surface area contributed by atoms with E-state index >= 15 is 0 Å². The lowest BCUT2D eigenvalue weighted by atomic mass is 9.85. The van der Waals surface area contributed by atoms with E-state index in [4.69, 9.17) is 21.1 Å². The number of ether oxygens (including phenoxy) is 2.